The van der Waals surface area contributed by atoms with Gasteiger partial charge in [0.2, 0.25) is 0 Å². The Morgan fingerprint density at radius 2 is 1.74 bits per heavy atom. The second kappa shape index (κ2) is 9.83. The Balaban J connectivity index is 1.92. The zero-order valence-electron chi connectivity index (χ0n) is 18.1. The highest BCUT2D eigenvalue weighted by atomic mass is 32.2. The van der Waals surface area contributed by atoms with Crippen molar-refractivity contribution >= 4 is 15.9 Å². The fraction of sp³-hybridized carbons (Fsp3) is 0.292. The Morgan fingerprint density at radius 3 is 2.35 bits per heavy atom. The number of aromatic nitrogens is 1. The number of sulfone groups is 1. The number of amides is 1. The van der Waals surface area contributed by atoms with Crippen molar-refractivity contribution in [3.63, 3.8) is 0 Å². The summed E-state index contributed by atoms with van der Waals surface area (Å²) in [6.07, 6.45) is 2.24. The topological polar surface area (TPSA) is 77.4 Å². The number of rotatable bonds is 8. The molecule has 6 nitrogen and oxygen atoms in total. The number of nitrogens with one attached hydrogen (secondary N) is 1. The van der Waals surface area contributed by atoms with E-state index in [1.807, 2.05) is 56.3 Å². The van der Waals surface area contributed by atoms with E-state index in [1.54, 1.807) is 12.1 Å². The minimum Gasteiger partial charge on any atom is -0.450 e. The summed E-state index contributed by atoms with van der Waals surface area (Å²) in [6, 6.07) is 19.0. The van der Waals surface area contributed by atoms with Gasteiger partial charge in [0, 0.05) is 24.2 Å². The number of alkyl carbamates (subject to hydrolysis) is 1. The zero-order valence-corrected chi connectivity index (χ0v) is 18.9. The van der Waals surface area contributed by atoms with Crippen LogP contribution in [0.4, 0.5) is 4.79 Å². The molecule has 0 saturated heterocycles. The average Bonchev–Trinajstić information content (AvgIpc) is 3.08. The molecule has 3 aromatic rings. The molecule has 0 radical (unpaired) electrons. The smallest absolute Gasteiger partial charge is 0.407 e. The summed E-state index contributed by atoms with van der Waals surface area (Å²) >= 11 is 0. The number of benzene rings is 2. The van der Waals surface area contributed by atoms with Crippen molar-refractivity contribution in [2.75, 3.05) is 19.4 Å². The van der Waals surface area contributed by atoms with Gasteiger partial charge in [0.05, 0.1) is 17.2 Å². The Hall–Kier alpha value is -3.06. The number of carbonyl (C=O) groups excluding carboxylic acids is 1. The standard InChI is InChI=1S/C24H28N2O4S/c1-4-16-30-24(27)25-15-14-20-17-23(19-10-12-22(13-11-19)31(3,28)29)26(18(20)2)21-8-6-5-7-9-21/h5-13,17H,4,14-16H2,1-3H3,(H,25,27). The average molecular weight is 441 g/mol. The van der Waals surface area contributed by atoms with Crippen LogP contribution in [0, 0.1) is 6.92 Å². The summed E-state index contributed by atoms with van der Waals surface area (Å²) in [6.45, 7) is 4.87. The third kappa shape index (κ3) is 5.55. The Morgan fingerprint density at radius 1 is 1.06 bits per heavy atom. The van der Waals surface area contributed by atoms with Crippen LogP contribution in [0.3, 0.4) is 0 Å². The lowest BCUT2D eigenvalue weighted by Crippen LogP contribution is -2.26. The number of hydrogen-bond acceptors (Lipinski definition) is 4. The number of nitrogens with zero attached hydrogens (tertiary/aromatic N) is 1. The highest BCUT2D eigenvalue weighted by Crippen LogP contribution is 2.30. The van der Waals surface area contributed by atoms with Crippen molar-refractivity contribution < 1.29 is 17.9 Å². The maximum absolute atomic E-state index is 11.8. The van der Waals surface area contributed by atoms with Gasteiger partial charge in [0.25, 0.3) is 0 Å². The molecule has 1 amide bonds. The molecule has 0 spiro atoms. The molecule has 0 saturated carbocycles. The van der Waals surface area contributed by atoms with Crippen LogP contribution in [-0.2, 0) is 21.0 Å². The monoisotopic (exact) mass is 440 g/mol. The van der Waals surface area contributed by atoms with Gasteiger partial charge >= 0.3 is 6.09 Å². The van der Waals surface area contributed by atoms with E-state index in [9.17, 15) is 13.2 Å². The normalized spacial score (nSPS) is 11.3. The summed E-state index contributed by atoms with van der Waals surface area (Å²) in [5.41, 5.74) is 5.07. The van der Waals surface area contributed by atoms with Crippen molar-refractivity contribution in [2.45, 2.75) is 31.6 Å². The minimum atomic E-state index is -3.25. The molecule has 31 heavy (non-hydrogen) atoms. The Kier molecular flexibility index (Phi) is 7.17. The first-order valence-corrected chi connectivity index (χ1v) is 12.2. The fourth-order valence-corrected chi connectivity index (χ4v) is 4.08. The third-order valence-corrected chi connectivity index (χ3v) is 6.17. The van der Waals surface area contributed by atoms with E-state index in [4.69, 9.17) is 4.74 Å². The number of para-hydroxylation sites is 1. The molecule has 1 heterocycles. The van der Waals surface area contributed by atoms with Gasteiger partial charge in [-0.25, -0.2) is 13.2 Å². The second-order valence-corrected chi connectivity index (χ2v) is 9.44. The SMILES string of the molecule is CCCOC(=O)NCCc1cc(-c2ccc(S(C)(=O)=O)cc2)n(-c2ccccc2)c1C. The van der Waals surface area contributed by atoms with E-state index in [-0.39, 0.29) is 0 Å². The molecule has 0 aliphatic rings. The molecule has 164 valence electrons. The first-order valence-electron chi connectivity index (χ1n) is 10.3. The molecule has 0 bridgehead atoms. The molecule has 1 aromatic heterocycles. The largest absolute Gasteiger partial charge is 0.450 e. The van der Waals surface area contributed by atoms with Crippen molar-refractivity contribution in [3.05, 3.63) is 71.9 Å². The molecule has 1 N–H and O–H groups in total. The van der Waals surface area contributed by atoms with Crippen LogP contribution in [0.1, 0.15) is 24.6 Å². The van der Waals surface area contributed by atoms with E-state index in [0.29, 0.717) is 24.5 Å². The van der Waals surface area contributed by atoms with Crippen LogP contribution in [-0.4, -0.2) is 38.5 Å². The lowest BCUT2D eigenvalue weighted by molar-refractivity contribution is 0.146. The number of carbonyl (C=O) groups is 1. The third-order valence-electron chi connectivity index (χ3n) is 5.05. The van der Waals surface area contributed by atoms with E-state index >= 15 is 0 Å². The molecule has 0 aliphatic heterocycles. The van der Waals surface area contributed by atoms with Crippen LogP contribution in [0.15, 0.2) is 65.6 Å². The van der Waals surface area contributed by atoms with Crippen molar-refractivity contribution in [3.8, 4) is 16.9 Å². The number of hydrogen-bond donors (Lipinski definition) is 1. The molecule has 0 atom stereocenters. The summed E-state index contributed by atoms with van der Waals surface area (Å²) in [5.74, 6) is 0. The highest BCUT2D eigenvalue weighted by molar-refractivity contribution is 7.90. The zero-order chi connectivity index (χ0) is 22.4. The highest BCUT2D eigenvalue weighted by Gasteiger charge is 2.16. The summed E-state index contributed by atoms with van der Waals surface area (Å²) in [7, 11) is -3.25. The van der Waals surface area contributed by atoms with E-state index in [0.717, 1.165) is 34.6 Å². The van der Waals surface area contributed by atoms with Gasteiger partial charge in [-0.3, -0.25) is 0 Å². The van der Waals surface area contributed by atoms with Crippen molar-refractivity contribution in [2.24, 2.45) is 0 Å². The summed E-state index contributed by atoms with van der Waals surface area (Å²) in [5, 5.41) is 2.79. The Bertz CT molecular complexity index is 1130. The van der Waals surface area contributed by atoms with E-state index < -0.39 is 15.9 Å². The van der Waals surface area contributed by atoms with Gasteiger partial charge in [0.1, 0.15) is 0 Å². The molecular weight excluding hydrogens is 412 g/mol. The lowest BCUT2D eigenvalue weighted by Gasteiger charge is -2.13. The first-order chi connectivity index (χ1) is 14.8. The van der Waals surface area contributed by atoms with E-state index in [1.165, 1.54) is 6.26 Å². The van der Waals surface area contributed by atoms with Crippen LogP contribution < -0.4 is 5.32 Å². The number of ether oxygens (including phenoxy) is 1. The lowest BCUT2D eigenvalue weighted by atomic mass is 10.1. The predicted molar refractivity (Wildman–Crippen MR) is 122 cm³/mol. The molecule has 0 aliphatic carbocycles. The molecule has 0 fully saturated rings. The first kappa shape index (κ1) is 22.6. The maximum Gasteiger partial charge on any atom is 0.407 e. The van der Waals surface area contributed by atoms with E-state index in [2.05, 4.69) is 16.0 Å². The van der Waals surface area contributed by atoms with Crippen molar-refractivity contribution in [1.82, 2.24) is 9.88 Å². The van der Waals surface area contributed by atoms with Crippen LogP contribution >= 0.6 is 0 Å². The quantitative estimate of drug-likeness (QED) is 0.558. The van der Waals surface area contributed by atoms with Gasteiger partial charge in [-0.15, -0.1) is 0 Å². The Labute approximate surface area is 183 Å². The predicted octanol–water partition coefficient (Wildman–Crippen LogP) is 4.53. The van der Waals surface area contributed by atoms with Gasteiger partial charge < -0.3 is 14.6 Å². The summed E-state index contributed by atoms with van der Waals surface area (Å²) < 4.78 is 30.8. The molecule has 3 rings (SSSR count). The second-order valence-electron chi connectivity index (χ2n) is 7.42. The van der Waals surface area contributed by atoms with Crippen LogP contribution in [0.5, 0.6) is 0 Å². The van der Waals surface area contributed by atoms with Crippen molar-refractivity contribution in [1.29, 1.82) is 0 Å². The van der Waals surface area contributed by atoms with Crippen LogP contribution in [0.25, 0.3) is 16.9 Å². The summed E-state index contributed by atoms with van der Waals surface area (Å²) in [4.78, 5) is 12.0. The fourth-order valence-electron chi connectivity index (χ4n) is 3.45. The van der Waals surface area contributed by atoms with Gasteiger partial charge in [-0.05, 0) is 61.2 Å². The van der Waals surface area contributed by atoms with Crippen LogP contribution in [0.2, 0.25) is 0 Å². The van der Waals surface area contributed by atoms with Gasteiger partial charge in [-0.2, -0.15) is 0 Å². The minimum absolute atomic E-state index is 0.292. The van der Waals surface area contributed by atoms with Gasteiger partial charge in [-0.1, -0.05) is 37.3 Å². The molecular formula is C24H28N2O4S. The molecule has 7 heteroatoms. The molecule has 2 aromatic carbocycles. The molecule has 0 unspecified atom stereocenters. The maximum atomic E-state index is 11.8. The van der Waals surface area contributed by atoms with Gasteiger partial charge in [0.15, 0.2) is 9.84 Å².